The summed E-state index contributed by atoms with van der Waals surface area (Å²) in [6.07, 6.45) is 3.23. The number of halogens is 2. The van der Waals surface area contributed by atoms with Crippen LogP contribution in [0.3, 0.4) is 0 Å². The van der Waals surface area contributed by atoms with Crippen molar-refractivity contribution in [2.45, 2.75) is 25.8 Å². The highest BCUT2D eigenvalue weighted by molar-refractivity contribution is 5.94. The molecule has 2 rings (SSSR count). The van der Waals surface area contributed by atoms with E-state index in [0.29, 0.717) is 5.92 Å². The Balaban J connectivity index is 2.10. The topological polar surface area (TPSA) is 42.0 Å². The number of rotatable bonds is 3. The second-order valence-corrected chi connectivity index (χ2v) is 4.06. The molecule has 1 amide bonds. The first kappa shape index (κ1) is 11.0. The number of amides is 1. The minimum Gasteiger partial charge on any atom is -0.349 e. The zero-order valence-electron chi connectivity index (χ0n) is 8.84. The van der Waals surface area contributed by atoms with Gasteiger partial charge < -0.3 is 5.32 Å². The first-order chi connectivity index (χ1) is 7.59. The Morgan fingerprint density at radius 3 is 2.88 bits per heavy atom. The molecule has 0 saturated heterocycles. The monoisotopic (exact) mass is 226 g/mol. The van der Waals surface area contributed by atoms with Gasteiger partial charge in [0.25, 0.3) is 5.91 Å². The molecule has 0 aliphatic heterocycles. The van der Waals surface area contributed by atoms with Crippen LogP contribution in [0.25, 0.3) is 0 Å². The van der Waals surface area contributed by atoms with Crippen LogP contribution in [0.1, 0.15) is 30.1 Å². The lowest BCUT2D eigenvalue weighted by Gasteiger charge is -2.12. The fourth-order valence-electron chi connectivity index (χ4n) is 1.59. The molecule has 0 spiro atoms. The Hall–Kier alpha value is -1.52. The maximum atomic E-state index is 13.2. The van der Waals surface area contributed by atoms with Crippen molar-refractivity contribution in [1.82, 2.24) is 10.3 Å². The Kier molecular flexibility index (Phi) is 2.85. The molecule has 5 heteroatoms. The number of pyridine rings is 1. The minimum atomic E-state index is -1.24. The normalized spacial score (nSPS) is 16.9. The molecule has 1 heterocycles. The van der Waals surface area contributed by atoms with E-state index in [1.165, 1.54) is 6.07 Å². The van der Waals surface area contributed by atoms with Crippen molar-refractivity contribution in [2.24, 2.45) is 5.92 Å². The number of carbonyl (C=O) groups is 1. The van der Waals surface area contributed by atoms with Gasteiger partial charge in [0.2, 0.25) is 5.95 Å². The van der Waals surface area contributed by atoms with Crippen molar-refractivity contribution >= 4 is 5.91 Å². The maximum Gasteiger partial charge on any atom is 0.254 e. The van der Waals surface area contributed by atoms with Crippen molar-refractivity contribution in [3.05, 3.63) is 29.6 Å². The molecule has 1 aromatic rings. The minimum absolute atomic E-state index is 0.00289. The first-order valence-corrected chi connectivity index (χ1v) is 5.20. The van der Waals surface area contributed by atoms with Gasteiger partial charge in [0.05, 0.1) is 5.56 Å². The van der Waals surface area contributed by atoms with Crippen LogP contribution < -0.4 is 5.32 Å². The summed E-state index contributed by atoms with van der Waals surface area (Å²) in [5.74, 6) is -2.55. The Morgan fingerprint density at radius 1 is 1.56 bits per heavy atom. The summed E-state index contributed by atoms with van der Waals surface area (Å²) in [7, 11) is 0. The van der Waals surface area contributed by atoms with Crippen LogP contribution in [-0.2, 0) is 0 Å². The van der Waals surface area contributed by atoms with Crippen LogP contribution in [0.2, 0.25) is 0 Å². The highest BCUT2D eigenvalue weighted by Gasteiger charge is 2.29. The zero-order valence-corrected chi connectivity index (χ0v) is 8.84. The third-order valence-electron chi connectivity index (χ3n) is 2.78. The number of nitrogens with one attached hydrogen (secondary N) is 1. The second-order valence-electron chi connectivity index (χ2n) is 4.06. The molecule has 1 saturated carbocycles. The van der Waals surface area contributed by atoms with Crippen molar-refractivity contribution in [3.63, 3.8) is 0 Å². The lowest BCUT2D eigenvalue weighted by atomic mass is 10.2. The van der Waals surface area contributed by atoms with E-state index in [0.717, 1.165) is 19.0 Å². The van der Waals surface area contributed by atoms with E-state index < -0.39 is 17.7 Å². The average molecular weight is 226 g/mol. The van der Waals surface area contributed by atoms with E-state index in [2.05, 4.69) is 10.3 Å². The molecule has 3 nitrogen and oxygen atoms in total. The van der Waals surface area contributed by atoms with Gasteiger partial charge in [-0.15, -0.1) is 0 Å². The predicted molar refractivity (Wildman–Crippen MR) is 53.8 cm³/mol. The maximum absolute atomic E-state index is 13.2. The van der Waals surface area contributed by atoms with E-state index in [4.69, 9.17) is 0 Å². The van der Waals surface area contributed by atoms with Crippen molar-refractivity contribution < 1.29 is 13.6 Å². The summed E-state index contributed by atoms with van der Waals surface area (Å²) in [4.78, 5) is 14.7. The predicted octanol–water partition coefficient (Wildman–Crippen LogP) is 1.89. The van der Waals surface area contributed by atoms with Crippen LogP contribution in [0, 0.1) is 17.7 Å². The smallest absolute Gasteiger partial charge is 0.254 e. The van der Waals surface area contributed by atoms with E-state index >= 15 is 0 Å². The molecule has 1 fully saturated rings. The molecule has 1 aliphatic rings. The third kappa shape index (κ3) is 2.18. The van der Waals surface area contributed by atoms with Crippen LogP contribution in [0.15, 0.2) is 12.3 Å². The average Bonchev–Trinajstić information content (AvgIpc) is 3.05. The van der Waals surface area contributed by atoms with E-state index in [9.17, 15) is 13.6 Å². The van der Waals surface area contributed by atoms with Gasteiger partial charge in [-0.2, -0.15) is 4.39 Å². The molecule has 1 aliphatic carbocycles. The standard InChI is InChI=1S/C11H12F2N2O/c1-6(7-2-3-7)15-11(16)8-4-5-14-10(13)9(8)12/h4-7H,2-3H2,1H3,(H,15,16). The third-order valence-corrected chi connectivity index (χ3v) is 2.78. The van der Waals surface area contributed by atoms with Crippen molar-refractivity contribution in [1.29, 1.82) is 0 Å². The molecule has 0 aromatic carbocycles. The molecule has 1 atom stereocenters. The quantitative estimate of drug-likeness (QED) is 0.800. The molecule has 0 radical (unpaired) electrons. The number of nitrogens with zero attached hydrogens (tertiary/aromatic N) is 1. The summed E-state index contributed by atoms with van der Waals surface area (Å²) in [5, 5.41) is 2.65. The highest BCUT2D eigenvalue weighted by atomic mass is 19.2. The van der Waals surface area contributed by atoms with Crippen LogP contribution >= 0.6 is 0 Å². The van der Waals surface area contributed by atoms with Crippen LogP contribution in [0.4, 0.5) is 8.78 Å². The van der Waals surface area contributed by atoms with Gasteiger partial charge >= 0.3 is 0 Å². The molecule has 1 aromatic heterocycles. The van der Waals surface area contributed by atoms with Crippen LogP contribution in [0.5, 0.6) is 0 Å². The number of hydrogen-bond donors (Lipinski definition) is 1. The summed E-state index contributed by atoms with van der Waals surface area (Å²) >= 11 is 0. The number of aromatic nitrogens is 1. The summed E-state index contributed by atoms with van der Waals surface area (Å²) in [6.45, 7) is 1.87. The number of hydrogen-bond acceptors (Lipinski definition) is 2. The van der Waals surface area contributed by atoms with Gasteiger partial charge in [0, 0.05) is 12.2 Å². The molecular formula is C11H12F2N2O. The molecule has 0 bridgehead atoms. The molecular weight excluding hydrogens is 214 g/mol. The SMILES string of the molecule is CC(NC(=O)c1ccnc(F)c1F)C1CC1. The Labute approximate surface area is 91.9 Å². The van der Waals surface area contributed by atoms with Crippen molar-refractivity contribution in [2.75, 3.05) is 0 Å². The van der Waals surface area contributed by atoms with Gasteiger partial charge in [-0.1, -0.05) is 0 Å². The lowest BCUT2D eigenvalue weighted by Crippen LogP contribution is -2.34. The largest absolute Gasteiger partial charge is 0.349 e. The summed E-state index contributed by atoms with van der Waals surface area (Å²) in [6, 6.07) is 1.18. The molecule has 1 N–H and O–H groups in total. The highest BCUT2D eigenvalue weighted by Crippen LogP contribution is 2.32. The molecule has 1 unspecified atom stereocenters. The summed E-state index contributed by atoms with van der Waals surface area (Å²) < 4.78 is 26.0. The fraction of sp³-hybridized carbons (Fsp3) is 0.455. The molecule has 16 heavy (non-hydrogen) atoms. The second kappa shape index (κ2) is 4.15. The van der Waals surface area contributed by atoms with Gasteiger partial charge in [0.1, 0.15) is 0 Å². The fourth-order valence-corrected chi connectivity index (χ4v) is 1.59. The molecule has 86 valence electrons. The first-order valence-electron chi connectivity index (χ1n) is 5.20. The van der Waals surface area contributed by atoms with Crippen molar-refractivity contribution in [3.8, 4) is 0 Å². The van der Waals surface area contributed by atoms with E-state index in [-0.39, 0.29) is 11.6 Å². The van der Waals surface area contributed by atoms with Crippen LogP contribution in [-0.4, -0.2) is 16.9 Å². The van der Waals surface area contributed by atoms with Gasteiger partial charge in [-0.25, -0.2) is 9.37 Å². The van der Waals surface area contributed by atoms with Gasteiger partial charge in [-0.05, 0) is 31.7 Å². The Bertz CT molecular complexity index is 418. The lowest BCUT2D eigenvalue weighted by molar-refractivity contribution is 0.0930. The van der Waals surface area contributed by atoms with E-state index in [1.54, 1.807) is 0 Å². The summed E-state index contributed by atoms with van der Waals surface area (Å²) in [5.41, 5.74) is -0.292. The number of carbonyl (C=O) groups excluding carboxylic acids is 1. The van der Waals surface area contributed by atoms with Gasteiger partial charge in [-0.3, -0.25) is 4.79 Å². The Morgan fingerprint density at radius 2 is 2.25 bits per heavy atom. The van der Waals surface area contributed by atoms with Gasteiger partial charge in [0.15, 0.2) is 5.82 Å². The van der Waals surface area contributed by atoms with E-state index in [1.807, 2.05) is 6.92 Å². The zero-order chi connectivity index (χ0) is 11.7.